The zero-order valence-electron chi connectivity index (χ0n) is 11.2. The van der Waals surface area contributed by atoms with Crippen molar-refractivity contribution in [1.29, 1.82) is 0 Å². The molecule has 0 bridgehead atoms. The van der Waals surface area contributed by atoms with Crippen molar-refractivity contribution in [3.63, 3.8) is 0 Å². The summed E-state index contributed by atoms with van der Waals surface area (Å²) in [5.41, 5.74) is 0.277. The van der Waals surface area contributed by atoms with Crippen molar-refractivity contribution in [3.8, 4) is 0 Å². The van der Waals surface area contributed by atoms with E-state index < -0.39 is 11.7 Å². The number of hydrogen-bond donors (Lipinski definition) is 1. The summed E-state index contributed by atoms with van der Waals surface area (Å²) in [6.07, 6.45) is -2.36. The van der Waals surface area contributed by atoms with E-state index in [0.717, 1.165) is 25.9 Å². The zero-order valence-corrected chi connectivity index (χ0v) is 11.2. The first-order chi connectivity index (χ1) is 8.86. The Bertz CT molecular complexity index is 435. The molecule has 0 aromatic heterocycles. The standard InChI is InChI=1S/C14H19F3N2/c1-10-3-4-12(9-13(10)14(15,16)17)18-11-5-7-19(2)8-6-11/h3-4,9,11,18H,5-8H2,1-2H3. The number of alkyl halides is 3. The number of piperidine rings is 1. The Morgan fingerprint density at radius 1 is 1.21 bits per heavy atom. The molecule has 1 N–H and O–H groups in total. The first-order valence-corrected chi connectivity index (χ1v) is 6.49. The summed E-state index contributed by atoms with van der Waals surface area (Å²) in [4.78, 5) is 2.23. The molecule has 106 valence electrons. The average molecular weight is 272 g/mol. The van der Waals surface area contributed by atoms with Crippen LogP contribution >= 0.6 is 0 Å². The van der Waals surface area contributed by atoms with Gasteiger partial charge in [-0.05, 0) is 57.6 Å². The minimum Gasteiger partial charge on any atom is -0.382 e. The predicted octanol–water partition coefficient (Wildman–Crippen LogP) is 3.52. The van der Waals surface area contributed by atoms with Crippen LogP contribution in [0.5, 0.6) is 0 Å². The molecule has 0 aliphatic carbocycles. The molecule has 0 unspecified atom stereocenters. The van der Waals surface area contributed by atoms with Gasteiger partial charge in [0.25, 0.3) is 0 Å². The first-order valence-electron chi connectivity index (χ1n) is 6.49. The summed E-state index contributed by atoms with van der Waals surface area (Å²) in [5.74, 6) is 0. The molecule has 0 radical (unpaired) electrons. The van der Waals surface area contributed by atoms with Crippen LogP contribution in [0, 0.1) is 6.92 Å². The highest BCUT2D eigenvalue weighted by Crippen LogP contribution is 2.33. The van der Waals surface area contributed by atoms with Crippen LogP contribution in [0.15, 0.2) is 18.2 Å². The molecule has 5 heteroatoms. The van der Waals surface area contributed by atoms with Gasteiger partial charge in [-0.3, -0.25) is 0 Å². The van der Waals surface area contributed by atoms with E-state index in [1.54, 1.807) is 6.07 Å². The number of hydrogen-bond acceptors (Lipinski definition) is 2. The Morgan fingerprint density at radius 2 is 1.84 bits per heavy atom. The number of aryl methyl sites for hydroxylation is 1. The summed E-state index contributed by atoms with van der Waals surface area (Å²) in [5, 5.41) is 3.21. The van der Waals surface area contributed by atoms with E-state index in [1.807, 2.05) is 0 Å². The van der Waals surface area contributed by atoms with Gasteiger partial charge in [0.2, 0.25) is 0 Å². The normalized spacial score (nSPS) is 18.6. The second kappa shape index (κ2) is 5.41. The fourth-order valence-electron chi connectivity index (χ4n) is 2.41. The number of likely N-dealkylation sites (tertiary alicyclic amines) is 1. The fourth-order valence-corrected chi connectivity index (χ4v) is 2.41. The van der Waals surface area contributed by atoms with E-state index in [2.05, 4.69) is 17.3 Å². The lowest BCUT2D eigenvalue weighted by Gasteiger charge is -2.30. The lowest BCUT2D eigenvalue weighted by Crippen LogP contribution is -2.36. The van der Waals surface area contributed by atoms with Gasteiger partial charge in [0.05, 0.1) is 5.56 Å². The first kappa shape index (κ1) is 14.2. The molecule has 0 saturated carbocycles. The molecule has 0 amide bonds. The predicted molar refractivity (Wildman–Crippen MR) is 70.3 cm³/mol. The molecule has 1 aliphatic rings. The molecule has 1 saturated heterocycles. The Balaban J connectivity index is 2.09. The minimum atomic E-state index is -4.28. The van der Waals surface area contributed by atoms with E-state index in [1.165, 1.54) is 19.1 Å². The molecular formula is C14H19F3N2. The number of nitrogens with zero attached hydrogens (tertiary/aromatic N) is 1. The monoisotopic (exact) mass is 272 g/mol. The topological polar surface area (TPSA) is 15.3 Å². The van der Waals surface area contributed by atoms with E-state index in [4.69, 9.17) is 0 Å². The SMILES string of the molecule is Cc1ccc(NC2CCN(C)CC2)cc1C(F)(F)F. The maximum atomic E-state index is 12.8. The van der Waals surface area contributed by atoms with Crippen molar-refractivity contribution in [2.24, 2.45) is 0 Å². The Labute approximate surface area is 111 Å². The molecule has 0 atom stereocenters. The number of anilines is 1. The number of benzene rings is 1. The largest absolute Gasteiger partial charge is 0.416 e. The van der Waals surface area contributed by atoms with Gasteiger partial charge in [-0.1, -0.05) is 6.07 Å². The number of halogens is 3. The second-order valence-electron chi connectivity index (χ2n) is 5.25. The van der Waals surface area contributed by atoms with Crippen LogP contribution in [0.4, 0.5) is 18.9 Å². The highest BCUT2D eigenvalue weighted by molar-refractivity contribution is 5.50. The van der Waals surface area contributed by atoms with Gasteiger partial charge in [0.1, 0.15) is 0 Å². The zero-order chi connectivity index (χ0) is 14.0. The molecule has 1 heterocycles. The third kappa shape index (κ3) is 3.62. The summed E-state index contributed by atoms with van der Waals surface area (Å²) in [6.45, 7) is 3.45. The van der Waals surface area contributed by atoms with Crippen LogP contribution in [0.2, 0.25) is 0 Å². The van der Waals surface area contributed by atoms with E-state index in [9.17, 15) is 13.2 Å². The van der Waals surface area contributed by atoms with Gasteiger partial charge >= 0.3 is 6.18 Å². The maximum Gasteiger partial charge on any atom is 0.416 e. The Hall–Kier alpha value is -1.23. The Morgan fingerprint density at radius 3 is 2.42 bits per heavy atom. The Kier molecular flexibility index (Phi) is 4.04. The third-order valence-corrected chi connectivity index (χ3v) is 3.63. The average Bonchev–Trinajstić information content (AvgIpc) is 2.33. The summed E-state index contributed by atoms with van der Waals surface area (Å²) in [6, 6.07) is 4.73. The maximum absolute atomic E-state index is 12.8. The fraction of sp³-hybridized carbons (Fsp3) is 0.571. The van der Waals surface area contributed by atoms with E-state index in [-0.39, 0.29) is 11.6 Å². The third-order valence-electron chi connectivity index (χ3n) is 3.63. The van der Waals surface area contributed by atoms with Gasteiger partial charge in [-0.15, -0.1) is 0 Å². The van der Waals surface area contributed by atoms with Crippen LogP contribution < -0.4 is 5.32 Å². The molecule has 0 spiro atoms. The smallest absolute Gasteiger partial charge is 0.382 e. The van der Waals surface area contributed by atoms with Crippen molar-refractivity contribution >= 4 is 5.69 Å². The summed E-state index contributed by atoms with van der Waals surface area (Å²) >= 11 is 0. The number of rotatable bonds is 2. The highest BCUT2D eigenvalue weighted by atomic mass is 19.4. The van der Waals surface area contributed by atoms with Gasteiger partial charge in [0.15, 0.2) is 0 Å². The molecule has 1 aromatic carbocycles. The molecule has 2 rings (SSSR count). The van der Waals surface area contributed by atoms with Crippen molar-refractivity contribution in [2.45, 2.75) is 32.0 Å². The molecular weight excluding hydrogens is 253 g/mol. The molecule has 1 fully saturated rings. The van der Waals surface area contributed by atoms with Crippen molar-refractivity contribution in [2.75, 3.05) is 25.5 Å². The van der Waals surface area contributed by atoms with E-state index in [0.29, 0.717) is 5.69 Å². The summed E-state index contributed by atoms with van der Waals surface area (Å²) in [7, 11) is 2.06. The van der Waals surface area contributed by atoms with Gasteiger partial charge < -0.3 is 10.2 Å². The highest BCUT2D eigenvalue weighted by Gasteiger charge is 2.32. The van der Waals surface area contributed by atoms with Crippen molar-refractivity contribution < 1.29 is 13.2 Å². The quantitative estimate of drug-likeness (QED) is 0.886. The van der Waals surface area contributed by atoms with Crippen LogP contribution in [-0.2, 0) is 6.18 Å². The van der Waals surface area contributed by atoms with E-state index >= 15 is 0 Å². The second-order valence-corrected chi connectivity index (χ2v) is 5.25. The molecule has 2 nitrogen and oxygen atoms in total. The lowest BCUT2D eigenvalue weighted by molar-refractivity contribution is -0.138. The van der Waals surface area contributed by atoms with Gasteiger partial charge in [0, 0.05) is 11.7 Å². The van der Waals surface area contributed by atoms with Crippen molar-refractivity contribution in [1.82, 2.24) is 4.90 Å². The van der Waals surface area contributed by atoms with Crippen molar-refractivity contribution in [3.05, 3.63) is 29.3 Å². The van der Waals surface area contributed by atoms with Gasteiger partial charge in [-0.25, -0.2) is 0 Å². The molecule has 1 aromatic rings. The van der Waals surface area contributed by atoms with Crippen LogP contribution in [0.3, 0.4) is 0 Å². The number of nitrogens with one attached hydrogen (secondary N) is 1. The summed E-state index contributed by atoms with van der Waals surface area (Å²) < 4.78 is 38.5. The lowest BCUT2D eigenvalue weighted by atomic mass is 10.0. The molecule has 19 heavy (non-hydrogen) atoms. The van der Waals surface area contributed by atoms with Crippen LogP contribution in [0.25, 0.3) is 0 Å². The molecule has 1 aliphatic heterocycles. The van der Waals surface area contributed by atoms with Crippen LogP contribution in [-0.4, -0.2) is 31.1 Å². The van der Waals surface area contributed by atoms with Crippen LogP contribution in [0.1, 0.15) is 24.0 Å². The minimum absolute atomic E-state index is 0.264. The van der Waals surface area contributed by atoms with Gasteiger partial charge in [-0.2, -0.15) is 13.2 Å².